The fourth-order valence-electron chi connectivity index (χ4n) is 4.75. The fraction of sp³-hybridized carbons (Fsp3) is 0.235. The number of nitrogens with zero attached hydrogens (tertiary/aromatic N) is 2. The van der Waals surface area contributed by atoms with Crippen LogP contribution in [0.5, 0.6) is 5.75 Å². The summed E-state index contributed by atoms with van der Waals surface area (Å²) in [6.07, 6.45) is 1.67. The van der Waals surface area contributed by atoms with Crippen molar-refractivity contribution >= 4 is 21.8 Å². The number of hydrogen-bond donors (Lipinski definition) is 1. The van der Waals surface area contributed by atoms with Gasteiger partial charge in [0.15, 0.2) is 0 Å². The minimum atomic E-state index is -3.75. The molecule has 2 amide bonds. The number of hydrogen-bond acceptors (Lipinski definition) is 5. The highest BCUT2D eigenvalue weighted by atomic mass is 32.2. The lowest BCUT2D eigenvalue weighted by atomic mass is 10.0. The molecular weight excluding hydrogens is 562 g/mol. The van der Waals surface area contributed by atoms with Gasteiger partial charge >= 0.3 is 0 Å². The Kier molecular flexibility index (Phi) is 11.1. The summed E-state index contributed by atoms with van der Waals surface area (Å²) in [5.41, 5.74) is 3.23. The number of methoxy groups -OCH3 is 1. The number of carbonyl (C=O) groups is 2. The number of amides is 2. The molecule has 1 atom stereocenters. The smallest absolute Gasteiger partial charge is 0.247 e. The SMILES string of the molecule is COc1ccc(CCNC(=O)[C@@H](c2ccccc2)N(Cc2ccccc2)C(=O)CN(Cc2ccccc2)S(C)(=O)=O)cc1. The van der Waals surface area contributed by atoms with Gasteiger partial charge in [0.25, 0.3) is 0 Å². The second-order valence-electron chi connectivity index (χ2n) is 10.2. The number of carbonyl (C=O) groups excluding carboxylic acids is 2. The molecule has 0 heterocycles. The average molecular weight is 600 g/mol. The van der Waals surface area contributed by atoms with E-state index in [1.54, 1.807) is 19.2 Å². The van der Waals surface area contributed by atoms with Crippen LogP contribution in [0.4, 0.5) is 0 Å². The molecule has 0 bridgehead atoms. The zero-order valence-corrected chi connectivity index (χ0v) is 25.2. The molecule has 0 fully saturated rings. The Morgan fingerprint density at radius 3 is 1.81 bits per heavy atom. The van der Waals surface area contributed by atoms with Crippen LogP contribution in [-0.4, -0.2) is 55.9 Å². The Morgan fingerprint density at radius 1 is 0.744 bits per heavy atom. The molecule has 0 aliphatic rings. The van der Waals surface area contributed by atoms with E-state index in [0.717, 1.165) is 33.0 Å². The van der Waals surface area contributed by atoms with Crippen LogP contribution in [0, 0.1) is 0 Å². The summed E-state index contributed by atoms with van der Waals surface area (Å²) in [4.78, 5) is 29.5. The summed E-state index contributed by atoms with van der Waals surface area (Å²) < 4.78 is 32.0. The van der Waals surface area contributed by atoms with Crippen LogP contribution < -0.4 is 10.1 Å². The maximum atomic E-state index is 14.1. The maximum absolute atomic E-state index is 14.1. The highest BCUT2D eigenvalue weighted by molar-refractivity contribution is 7.88. The zero-order chi connectivity index (χ0) is 30.7. The van der Waals surface area contributed by atoms with Crippen LogP contribution in [0.1, 0.15) is 28.3 Å². The monoisotopic (exact) mass is 599 g/mol. The van der Waals surface area contributed by atoms with Crippen molar-refractivity contribution in [1.29, 1.82) is 0 Å². The zero-order valence-electron chi connectivity index (χ0n) is 24.4. The molecule has 0 aliphatic carbocycles. The van der Waals surface area contributed by atoms with E-state index in [1.165, 1.54) is 4.90 Å². The Bertz CT molecular complexity index is 1570. The molecule has 0 saturated heterocycles. The van der Waals surface area contributed by atoms with E-state index in [2.05, 4.69) is 5.32 Å². The van der Waals surface area contributed by atoms with Crippen LogP contribution in [0.3, 0.4) is 0 Å². The summed E-state index contributed by atoms with van der Waals surface area (Å²) in [6, 6.07) is 34.2. The second kappa shape index (κ2) is 15.1. The molecule has 1 N–H and O–H groups in total. The van der Waals surface area contributed by atoms with E-state index in [9.17, 15) is 18.0 Å². The number of ether oxygens (including phenoxy) is 1. The van der Waals surface area contributed by atoms with Gasteiger partial charge in [-0.15, -0.1) is 0 Å². The largest absolute Gasteiger partial charge is 0.497 e. The number of sulfonamides is 1. The molecule has 0 saturated carbocycles. The normalized spacial score (nSPS) is 12.0. The summed E-state index contributed by atoms with van der Waals surface area (Å²) in [6.45, 7) is 0.0943. The van der Waals surface area contributed by atoms with Crippen molar-refractivity contribution in [3.8, 4) is 5.75 Å². The molecule has 0 aromatic heterocycles. The van der Waals surface area contributed by atoms with Gasteiger partial charge in [0.1, 0.15) is 11.8 Å². The highest BCUT2D eigenvalue weighted by Gasteiger charge is 2.33. The first kappa shape index (κ1) is 31.5. The van der Waals surface area contributed by atoms with Crippen molar-refractivity contribution < 1.29 is 22.7 Å². The number of rotatable bonds is 14. The predicted octanol–water partition coefficient (Wildman–Crippen LogP) is 4.59. The van der Waals surface area contributed by atoms with E-state index >= 15 is 0 Å². The molecule has 0 radical (unpaired) electrons. The Labute approximate surface area is 254 Å². The molecule has 43 heavy (non-hydrogen) atoms. The molecule has 8 nitrogen and oxygen atoms in total. The van der Waals surface area contributed by atoms with Gasteiger partial charge in [-0.3, -0.25) is 9.59 Å². The van der Waals surface area contributed by atoms with Gasteiger partial charge in [-0.25, -0.2) is 8.42 Å². The van der Waals surface area contributed by atoms with Crippen LogP contribution in [0.25, 0.3) is 0 Å². The standard InChI is InChI=1S/C34H37N3O5S/c1-42-31-20-18-27(19-21-31)22-23-35-34(39)33(30-16-10-5-11-17-30)37(25-29-14-8-4-9-15-29)32(38)26-36(43(2,40)41)24-28-12-6-3-7-13-28/h3-21,33H,22-26H2,1-2H3,(H,35,39)/t33-/m1/s1. The van der Waals surface area contributed by atoms with Gasteiger partial charge in [-0.2, -0.15) is 4.31 Å². The van der Waals surface area contributed by atoms with Crippen molar-refractivity contribution in [2.45, 2.75) is 25.6 Å². The first-order chi connectivity index (χ1) is 20.7. The van der Waals surface area contributed by atoms with Crippen molar-refractivity contribution in [2.75, 3.05) is 26.5 Å². The van der Waals surface area contributed by atoms with Crippen LogP contribution in [0.15, 0.2) is 115 Å². The molecule has 4 aromatic carbocycles. The van der Waals surface area contributed by atoms with Crippen molar-refractivity contribution in [3.63, 3.8) is 0 Å². The van der Waals surface area contributed by atoms with Crippen LogP contribution in [0.2, 0.25) is 0 Å². The third-order valence-corrected chi connectivity index (χ3v) is 8.24. The van der Waals surface area contributed by atoms with Crippen molar-refractivity contribution in [3.05, 3.63) is 138 Å². The maximum Gasteiger partial charge on any atom is 0.247 e. The third kappa shape index (κ3) is 9.26. The van der Waals surface area contributed by atoms with E-state index in [0.29, 0.717) is 18.5 Å². The Morgan fingerprint density at radius 2 is 1.28 bits per heavy atom. The second-order valence-corrected chi connectivity index (χ2v) is 12.2. The molecule has 4 aromatic rings. The molecule has 0 unspecified atom stereocenters. The van der Waals surface area contributed by atoms with Crippen molar-refractivity contribution in [2.24, 2.45) is 0 Å². The van der Waals surface area contributed by atoms with Gasteiger partial charge in [-0.05, 0) is 40.8 Å². The van der Waals surface area contributed by atoms with E-state index < -0.39 is 28.5 Å². The lowest BCUT2D eigenvalue weighted by molar-refractivity contribution is -0.141. The first-order valence-corrected chi connectivity index (χ1v) is 15.9. The summed E-state index contributed by atoms with van der Waals surface area (Å²) in [5, 5.41) is 3.01. The molecule has 0 spiro atoms. The lowest BCUT2D eigenvalue weighted by Crippen LogP contribution is -2.48. The fourth-order valence-corrected chi connectivity index (χ4v) is 5.48. The van der Waals surface area contributed by atoms with Crippen molar-refractivity contribution in [1.82, 2.24) is 14.5 Å². The lowest BCUT2D eigenvalue weighted by Gasteiger charge is -2.33. The first-order valence-electron chi connectivity index (χ1n) is 14.0. The molecule has 9 heteroatoms. The third-order valence-electron chi connectivity index (χ3n) is 7.05. The molecule has 0 aliphatic heterocycles. The quantitative estimate of drug-likeness (QED) is 0.229. The summed E-state index contributed by atoms with van der Waals surface area (Å²) >= 11 is 0. The van der Waals surface area contributed by atoms with Gasteiger partial charge in [0, 0.05) is 19.6 Å². The van der Waals surface area contributed by atoms with E-state index in [-0.39, 0.29) is 19.0 Å². The number of nitrogens with one attached hydrogen (secondary N) is 1. The average Bonchev–Trinajstić information content (AvgIpc) is 3.02. The van der Waals surface area contributed by atoms with Crippen LogP contribution >= 0.6 is 0 Å². The Balaban J connectivity index is 1.62. The predicted molar refractivity (Wildman–Crippen MR) is 168 cm³/mol. The van der Waals surface area contributed by atoms with E-state index in [1.807, 2.05) is 103 Å². The minimum absolute atomic E-state index is 0.0364. The van der Waals surface area contributed by atoms with E-state index in [4.69, 9.17) is 4.74 Å². The Hall–Kier alpha value is -4.47. The topological polar surface area (TPSA) is 96.0 Å². The summed E-state index contributed by atoms with van der Waals surface area (Å²) in [7, 11) is -2.14. The van der Waals surface area contributed by atoms with Gasteiger partial charge < -0.3 is 15.0 Å². The molecule has 4 rings (SSSR count). The summed E-state index contributed by atoms with van der Waals surface area (Å²) in [5.74, 6) is -0.0790. The molecular formula is C34H37N3O5S. The highest BCUT2D eigenvalue weighted by Crippen LogP contribution is 2.25. The number of benzene rings is 4. The van der Waals surface area contributed by atoms with Gasteiger partial charge in [-0.1, -0.05) is 103 Å². The van der Waals surface area contributed by atoms with Crippen LogP contribution in [-0.2, 0) is 39.1 Å². The van der Waals surface area contributed by atoms with Gasteiger partial charge in [0.2, 0.25) is 21.8 Å². The van der Waals surface area contributed by atoms with Gasteiger partial charge in [0.05, 0.1) is 19.9 Å². The minimum Gasteiger partial charge on any atom is -0.497 e. The molecule has 224 valence electrons.